The van der Waals surface area contributed by atoms with E-state index in [1.165, 1.54) is 0 Å². The number of aromatic amines is 1. The summed E-state index contributed by atoms with van der Waals surface area (Å²) < 4.78 is 5.66. The van der Waals surface area contributed by atoms with Gasteiger partial charge in [-0.2, -0.15) is 0 Å². The molecule has 1 aromatic heterocycles. The van der Waals surface area contributed by atoms with Crippen LogP contribution in [0, 0.1) is 0 Å². The van der Waals surface area contributed by atoms with E-state index in [-0.39, 0.29) is 12.0 Å². The summed E-state index contributed by atoms with van der Waals surface area (Å²) in [6, 6.07) is 5.77. The molecule has 0 bridgehead atoms. The fraction of sp³-hybridized carbons (Fsp3) is 0.556. The van der Waals surface area contributed by atoms with Gasteiger partial charge < -0.3 is 20.8 Å². The van der Waals surface area contributed by atoms with E-state index in [9.17, 15) is 4.79 Å². The zero-order chi connectivity index (χ0) is 16.8. The lowest BCUT2D eigenvalue weighted by Crippen LogP contribution is -2.11. The number of rotatable bonds is 8. The molecule has 2 aromatic rings. The summed E-state index contributed by atoms with van der Waals surface area (Å²) in [6.45, 7) is 1.53. The van der Waals surface area contributed by atoms with Crippen molar-refractivity contribution in [1.29, 1.82) is 0 Å². The van der Waals surface area contributed by atoms with Crippen molar-refractivity contribution in [2.75, 3.05) is 18.5 Å². The van der Waals surface area contributed by atoms with Crippen LogP contribution in [0.25, 0.3) is 11.0 Å². The SMILES string of the molecule is NCCCCCCC(=O)Nc1ccc2nc(C3CCCO3)[nH]c2c1. The third-order valence-electron chi connectivity index (χ3n) is 4.38. The minimum atomic E-state index is 0.0564. The molecule has 0 spiro atoms. The molecular formula is C18H26N4O2. The third kappa shape index (κ3) is 4.33. The number of nitrogens with one attached hydrogen (secondary N) is 2. The number of hydrogen-bond donors (Lipinski definition) is 3. The average molecular weight is 330 g/mol. The molecule has 0 saturated carbocycles. The topological polar surface area (TPSA) is 93.0 Å². The van der Waals surface area contributed by atoms with E-state index in [4.69, 9.17) is 10.5 Å². The first-order valence-corrected chi connectivity index (χ1v) is 8.87. The Morgan fingerprint density at radius 3 is 3.00 bits per heavy atom. The van der Waals surface area contributed by atoms with Crippen LogP contribution in [0.3, 0.4) is 0 Å². The number of nitrogens with zero attached hydrogens (tertiary/aromatic N) is 1. The Bertz CT molecular complexity index is 677. The number of nitrogens with two attached hydrogens (primary N) is 1. The van der Waals surface area contributed by atoms with Crippen LogP contribution in [-0.2, 0) is 9.53 Å². The van der Waals surface area contributed by atoms with Crippen molar-refractivity contribution in [3.8, 4) is 0 Å². The number of amides is 1. The first-order chi connectivity index (χ1) is 11.8. The number of hydrogen-bond acceptors (Lipinski definition) is 4. The number of H-pyrrole nitrogens is 1. The normalized spacial score (nSPS) is 17.5. The van der Waals surface area contributed by atoms with Crippen molar-refractivity contribution in [3.05, 3.63) is 24.0 Å². The molecule has 1 atom stereocenters. The molecule has 1 saturated heterocycles. The largest absolute Gasteiger partial charge is 0.370 e. The number of benzene rings is 1. The molecular weight excluding hydrogens is 304 g/mol. The van der Waals surface area contributed by atoms with E-state index in [2.05, 4.69) is 15.3 Å². The first-order valence-electron chi connectivity index (χ1n) is 8.87. The molecule has 6 nitrogen and oxygen atoms in total. The lowest BCUT2D eigenvalue weighted by Gasteiger charge is -2.05. The summed E-state index contributed by atoms with van der Waals surface area (Å²) >= 11 is 0. The molecule has 4 N–H and O–H groups in total. The summed E-state index contributed by atoms with van der Waals surface area (Å²) in [5.74, 6) is 0.937. The molecule has 130 valence electrons. The summed E-state index contributed by atoms with van der Waals surface area (Å²) in [5.41, 5.74) is 8.10. The van der Waals surface area contributed by atoms with Crippen LogP contribution in [0.4, 0.5) is 5.69 Å². The highest BCUT2D eigenvalue weighted by Gasteiger charge is 2.21. The molecule has 1 amide bonds. The van der Waals surface area contributed by atoms with Gasteiger partial charge in [0.05, 0.1) is 11.0 Å². The summed E-state index contributed by atoms with van der Waals surface area (Å²) in [5, 5.41) is 2.96. The minimum absolute atomic E-state index is 0.0564. The van der Waals surface area contributed by atoms with Crippen molar-refractivity contribution in [2.45, 2.75) is 51.0 Å². The highest BCUT2D eigenvalue weighted by molar-refractivity contribution is 5.93. The highest BCUT2D eigenvalue weighted by atomic mass is 16.5. The molecule has 1 fully saturated rings. The Labute approximate surface area is 142 Å². The van der Waals surface area contributed by atoms with Gasteiger partial charge in [0.2, 0.25) is 5.91 Å². The van der Waals surface area contributed by atoms with Crippen LogP contribution in [0.1, 0.15) is 56.9 Å². The monoisotopic (exact) mass is 330 g/mol. The van der Waals surface area contributed by atoms with E-state index < -0.39 is 0 Å². The first kappa shape index (κ1) is 16.9. The highest BCUT2D eigenvalue weighted by Crippen LogP contribution is 2.28. The van der Waals surface area contributed by atoms with Crippen molar-refractivity contribution in [1.82, 2.24) is 9.97 Å². The minimum Gasteiger partial charge on any atom is -0.370 e. The van der Waals surface area contributed by atoms with Crippen molar-refractivity contribution < 1.29 is 9.53 Å². The predicted molar refractivity (Wildman–Crippen MR) is 94.8 cm³/mol. The summed E-state index contributed by atoms with van der Waals surface area (Å²) in [7, 11) is 0. The van der Waals surface area contributed by atoms with Gasteiger partial charge in [0.1, 0.15) is 11.9 Å². The van der Waals surface area contributed by atoms with E-state index in [0.717, 1.165) is 74.2 Å². The van der Waals surface area contributed by atoms with Gasteiger partial charge in [-0.25, -0.2) is 4.98 Å². The van der Waals surface area contributed by atoms with Gasteiger partial charge in [-0.05, 0) is 50.4 Å². The van der Waals surface area contributed by atoms with Crippen LogP contribution in [-0.4, -0.2) is 29.0 Å². The van der Waals surface area contributed by atoms with Crippen molar-refractivity contribution in [3.63, 3.8) is 0 Å². The average Bonchev–Trinajstić information content (AvgIpc) is 3.23. The zero-order valence-electron chi connectivity index (χ0n) is 14.0. The van der Waals surface area contributed by atoms with Crippen molar-refractivity contribution >= 4 is 22.6 Å². The van der Waals surface area contributed by atoms with Crippen LogP contribution < -0.4 is 11.1 Å². The van der Waals surface area contributed by atoms with Gasteiger partial charge in [-0.3, -0.25) is 4.79 Å². The molecule has 1 unspecified atom stereocenters. The second kappa shape index (κ2) is 8.26. The Morgan fingerprint density at radius 2 is 2.21 bits per heavy atom. The Morgan fingerprint density at radius 1 is 1.33 bits per heavy atom. The van der Waals surface area contributed by atoms with Crippen LogP contribution >= 0.6 is 0 Å². The second-order valence-electron chi connectivity index (χ2n) is 6.36. The lowest BCUT2D eigenvalue weighted by molar-refractivity contribution is -0.116. The lowest BCUT2D eigenvalue weighted by atomic mass is 10.1. The number of unbranched alkanes of at least 4 members (excludes halogenated alkanes) is 3. The van der Waals surface area contributed by atoms with Crippen molar-refractivity contribution in [2.24, 2.45) is 5.73 Å². The van der Waals surface area contributed by atoms with E-state index >= 15 is 0 Å². The molecule has 24 heavy (non-hydrogen) atoms. The Hall–Kier alpha value is -1.92. The van der Waals surface area contributed by atoms with Crippen LogP contribution in [0.15, 0.2) is 18.2 Å². The molecule has 2 heterocycles. The molecule has 1 aliphatic heterocycles. The van der Waals surface area contributed by atoms with Gasteiger partial charge in [-0.15, -0.1) is 0 Å². The van der Waals surface area contributed by atoms with Gasteiger partial charge in [0.25, 0.3) is 0 Å². The van der Waals surface area contributed by atoms with Gasteiger partial charge >= 0.3 is 0 Å². The maximum Gasteiger partial charge on any atom is 0.224 e. The maximum absolute atomic E-state index is 12.0. The number of ether oxygens (including phenoxy) is 1. The molecule has 1 aromatic carbocycles. The standard InChI is InChI=1S/C18H26N4O2/c19-10-4-2-1-3-7-17(23)20-13-8-9-14-15(12-13)22-18(21-14)16-6-5-11-24-16/h8-9,12,16H,1-7,10-11,19H2,(H,20,23)(H,21,22). The Kier molecular flexibility index (Phi) is 5.82. The quantitative estimate of drug-likeness (QED) is 0.648. The van der Waals surface area contributed by atoms with Gasteiger partial charge in [0.15, 0.2) is 0 Å². The number of anilines is 1. The zero-order valence-corrected chi connectivity index (χ0v) is 14.0. The third-order valence-corrected chi connectivity index (χ3v) is 4.38. The smallest absolute Gasteiger partial charge is 0.224 e. The summed E-state index contributed by atoms with van der Waals surface area (Å²) in [6.07, 6.45) is 6.79. The predicted octanol–water partition coefficient (Wildman–Crippen LogP) is 3.26. The molecule has 0 radical (unpaired) electrons. The number of fused-ring (bicyclic) bond motifs is 1. The number of carbonyl (C=O) groups is 1. The summed E-state index contributed by atoms with van der Waals surface area (Å²) in [4.78, 5) is 19.9. The second-order valence-corrected chi connectivity index (χ2v) is 6.36. The molecule has 1 aliphatic rings. The molecule has 6 heteroatoms. The fourth-order valence-corrected chi connectivity index (χ4v) is 3.06. The van der Waals surface area contributed by atoms with Crippen LogP contribution in [0.2, 0.25) is 0 Å². The van der Waals surface area contributed by atoms with E-state index in [1.54, 1.807) is 0 Å². The number of aromatic nitrogens is 2. The number of imidazole rings is 1. The maximum atomic E-state index is 12.0. The van der Waals surface area contributed by atoms with Crippen LogP contribution in [0.5, 0.6) is 0 Å². The fourth-order valence-electron chi connectivity index (χ4n) is 3.06. The molecule has 3 rings (SSSR count). The van der Waals surface area contributed by atoms with E-state index in [0.29, 0.717) is 6.42 Å². The molecule has 0 aliphatic carbocycles. The Balaban J connectivity index is 1.55. The van der Waals surface area contributed by atoms with Gasteiger partial charge in [0, 0.05) is 18.7 Å². The van der Waals surface area contributed by atoms with Gasteiger partial charge in [-0.1, -0.05) is 12.8 Å². The van der Waals surface area contributed by atoms with E-state index in [1.807, 2.05) is 18.2 Å². The number of carbonyl (C=O) groups excluding carboxylic acids is 1.